The van der Waals surface area contributed by atoms with Gasteiger partial charge in [0.2, 0.25) is 0 Å². The zero-order chi connectivity index (χ0) is 13.5. The number of hydroxylamine groups is 2. The summed E-state index contributed by atoms with van der Waals surface area (Å²) in [5, 5.41) is 37.2. The van der Waals surface area contributed by atoms with E-state index in [0.29, 0.717) is 6.42 Å². The molecule has 7 nitrogen and oxygen atoms in total. The summed E-state index contributed by atoms with van der Waals surface area (Å²) in [7, 11) is 0. The third-order valence-electron chi connectivity index (χ3n) is 2.73. The number of carboxylic acids is 2. The Morgan fingerprint density at radius 3 is 1.76 bits per heavy atom. The first-order valence-corrected chi connectivity index (χ1v) is 5.44. The highest BCUT2D eigenvalue weighted by Crippen LogP contribution is 2.30. The Morgan fingerprint density at radius 1 is 1.12 bits per heavy atom. The van der Waals surface area contributed by atoms with Crippen LogP contribution in [0.4, 0.5) is 0 Å². The predicted molar refractivity (Wildman–Crippen MR) is 58.4 cm³/mol. The van der Waals surface area contributed by atoms with Crippen molar-refractivity contribution in [3.63, 3.8) is 0 Å². The Hall–Kier alpha value is -1.18. The van der Waals surface area contributed by atoms with E-state index in [1.807, 2.05) is 0 Å². The van der Waals surface area contributed by atoms with Crippen LogP contribution in [0.1, 0.15) is 45.4 Å². The van der Waals surface area contributed by atoms with Gasteiger partial charge in [-0.05, 0) is 19.3 Å². The van der Waals surface area contributed by atoms with Gasteiger partial charge >= 0.3 is 11.9 Å². The van der Waals surface area contributed by atoms with Crippen LogP contribution in [0, 0.1) is 5.21 Å². The van der Waals surface area contributed by atoms with Crippen LogP contribution in [-0.2, 0) is 9.59 Å². The summed E-state index contributed by atoms with van der Waals surface area (Å²) in [5.74, 6) is -2.16. The summed E-state index contributed by atoms with van der Waals surface area (Å²) < 4.78 is 0. The molecule has 0 amide bonds. The van der Waals surface area contributed by atoms with E-state index < -0.39 is 17.5 Å². The van der Waals surface area contributed by atoms with Crippen molar-refractivity contribution in [1.82, 2.24) is 5.23 Å². The van der Waals surface area contributed by atoms with E-state index in [1.54, 1.807) is 6.92 Å². The second-order valence-corrected chi connectivity index (χ2v) is 4.03. The molecule has 0 bridgehead atoms. The molecule has 0 aromatic carbocycles. The second-order valence-electron chi connectivity index (χ2n) is 4.03. The molecule has 3 N–H and O–H groups in total. The van der Waals surface area contributed by atoms with E-state index >= 15 is 0 Å². The van der Waals surface area contributed by atoms with Crippen LogP contribution < -0.4 is 0 Å². The van der Waals surface area contributed by atoms with Crippen LogP contribution in [0.3, 0.4) is 0 Å². The smallest absolute Gasteiger partial charge is 0.303 e. The van der Waals surface area contributed by atoms with Gasteiger partial charge in [-0.3, -0.25) is 14.8 Å². The number of rotatable bonds is 9. The lowest BCUT2D eigenvalue weighted by molar-refractivity contribution is -0.154. The summed E-state index contributed by atoms with van der Waals surface area (Å²) in [6, 6.07) is 0. The number of aliphatic carboxylic acids is 2. The number of nitrogens with zero attached hydrogens (tertiary/aromatic N) is 1. The molecule has 0 aromatic rings. The van der Waals surface area contributed by atoms with Crippen LogP contribution in [-0.4, -0.2) is 38.1 Å². The summed E-state index contributed by atoms with van der Waals surface area (Å²) in [5.41, 5.74) is -1.31. The zero-order valence-electron chi connectivity index (χ0n) is 9.76. The lowest BCUT2D eigenvalue weighted by Crippen LogP contribution is -2.44. The molecule has 0 aliphatic rings. The summed E-state index contributed by atoms with van der Waals surface area (Å²) in [6.45, 7) is 1.78. The highest BCUT2D eigenvalue weighted by molar-refractivity contribution is 5.67. The van der Waals surface area contributed by atoms with Gasteiger partial charge in [0.15, 0.2) is 0 Å². The van der Waals surface area contributed by atoms with E-state index in [-0.39, 0.29) is 37.3 Å². The largest absolute Gasteiger partial charge is 0.762 e. The van der Waals surface area contributed by atoms with Crippen LogP contribution >= 0.6 is 0 Å². The van der Waals surface area contributed by atoms with Gasteiger partial charge in [0.05, 0.1) is 0 Å². The van der Waals surface area contributed by atoms with Crippen molar-refractivity contribution in [1.29, 1.82) is 0 Å². The fraction of sp³-hybridized carbons (Fsp3) is 0.800. The molecule has 7 heteroatoms. The van der Waals surface area contributed by atoms with Gasteiger partial charge in [0, 0.05) is 18.4 Å². The molecule has 0 heterocycles. The van der Waals surface area contributed by atoms with Crippen molar-refractivity contribution in [2.24, 2.45) is 0 Å². The minimum atomic E-state index is -1.31. The van der Waals surface area contributed by atoms with Crippen molar-refractivity contribution >= 4 is 11.9 Å². The van der Waals surface area contributed by atoms with Gasteiger partial charge in [-0.15, -0.1) is 0 Å². The summed E-state index contributed by atoms with van der Waals surface area (Å²) >= 11 is 0. The topological polar surface area (TPSA) is 121 Å². The van der Waals surface area contributed by atoms with Crippen molar-refractivity contribution < 1.29 is 25.0 Å². The van der Waals surface area contributed by atoms with Gasteiger partial charge in [0.25, 0.3) is 0 Å². The molecule has 0 fully saturated rings. The van der Waals surface area contributed by atoms with Crippen LogP contribution in [0.15, 0.2) is 0 Å². The molecular weight excluding hydrogens is 230 g/mol. The normalized spacial score (nSPS) is 11.8. The lowest BCUT2D eigenvalue weighted by atomic mass is 9.84. The zero-order valence-corrected chi connectivity index (χ0v) is 9.76. The molecule has 17 heavy (non-hydrogen) atoms. The third kappa shape index (κ3) is 5.62. The Kier molecular flexibility index (Phi) is 6.71. The Labute approximate surface area is 99.2 Å². The van der Waals surface area contributed by atoms with Crippen molar-refractivity contribution in [2.45, 2.75) is 51.0 Å². The van der Waals surface area contributed by atoms with E-state index in [2.05, 4.69) is 0 Å². The molecule has 0 aromatic heterocycles. The molecule has 0 aliphatic carbocycles. The fourth-order valence-electron chi connectivity index (χ4n) is 1.81. The number of hydrogen-bond acceptors (Lipinski definition) is 5. The molecule has 0 saturated carbocycles. The fourth-order valence-corrected chi connectivity index (χ4v) is 1.81. The first-order chi connectivity index (χ1) is 7.84. The van der Waals surface area contributed by atoms with Gasteiger partial charge in [0.1, 0.15) is 0 Å². The minimum absolute atomic E-state index is 0.0660. The van der Waals surface area contributed by atoms with Gasteiger partial charge in [-0.25, -0.2) is 0 Å². The van der Waals surface area contributed by atoms with Crippen LogP contribution in [0.5, 0.6) is 0 Å². The second kappa shape index (κ2) is 7.21. The molecule has 0 saturated heterocycles. The van der Waals surface area contributed by atoms with E-state index in [9.17, 15) is 14.8 Å². The third-order valence-corrected chi connectivity index (χ3v) is 2.73. The maximum absolute atomic E-state index is 11.2. The van der Waals surface area contributed by atoms with E-state index in [0.717, 1.165) is 0 Å². The number of carbonyl (C=O) groups is 2. The molecule has 0 aliphatic heterocycles. The molecule has 0 rings (SSSR count). The first-order valence-electron chi connectivity index (χ1n) is 5.44. The van der Waals surface area contributed by atoms with Gasteiger partial charge < -0.3 is 20.6 Å². The van der Waals surface area contributed by atoms with E-state index in [1.165, 1.54) is 0 Å². The monoisotopic (exact) mass is 248 g/mol. The molecule has 0 unspecified atom stereocenters. The van der Waals surface area contributed by atoms with Crippen LogP contribution in [0.2, 0.25) is 0 Å². The van der Waals surface area contributed by atoms with Crippen LogP contribution in [0.25, 0.3) is 0 Å². The number of hydrogen-bond donors (Lipinski definition) is 3. The van der Waals surface area contributed by atoms with Gasteiger partial charge in [-0.2, -0.15) is 0 Å². The average molecular weight is 248 g/mol. The Balaban J connectivity index is 4.71. The number of carboxylic acid groups (broad SMARTS) is 2. The van der Waals surface area contributed by atoms with Crippen molar-refractivity contribution in [3.8, 4) is 0 Å². The van der Waals surface area contributed by atoms with Crippen molar-refractivity contribution in [2.75, 3.05) is 0 Å². The molecular formula is C10H18NO6-. The molecule has 100 valence electrons. The molecule has 0 radical (unpaired) electrons. The first kappa shape index (κ1) is 15.8. The SMILES string of the molecule is CCCC(CCC(=O)O)(CCC(=O)O)N([O-])O. The molecule has 0 spiro atoms. The lowest BCUT2D eigenvalue weighted by Gasteiger charge is -2.44. The minimum Gasteiger partial charge on any atom is -0.762 e. The standard InChI is InChI=1S/C10H18NO6/c1-2-5-10(11(16)17,6-3-8(12)13)7-4-9(14)15/h16H,2-7H2,1H3,(H,12,13)(H,14,15)/q-1. The molecule has 0 atom stereocenters. The maximum atomic E-state index is 11.2. The Bertz CT molecular complexity index is 248. The average Bonchev–Trinajstić information content (AvgIpc) is 2.21. The predicted octanol–water partition coefficient (Wildman–Crippen LogP) is 1.44. The Morgan fingerprint density at radius 2 is 1.53 bits per heavy atom. The maximum Gasteiger partial charge on any atom is 0.303 e. The highest BCUT2D eigenvalue weighted by atomic mass is 16.8. The van der Waals surface area contributed by atoms with Gasteiger partial charge in [-0.1, -0.05) is 13.3 Å². The quantitative estimate of drug-likeness (QED) is 0.528. The van der Waals surface area contributed by atoms with Crippen molar-refractivity contribution in [3.05, 3.63) is 5.21 Å². The highest BCUT2D eigenvalue weighted by Gasteiger charge is 2.31. The van der Waals surface area contributed by atoms with E-state index in [4.69, 9.17) is 15.4 Å². The summed E-state index contributed by atoms with van der Waals surface area (Å²) in [6.07, 6.45) is 0.122. The summed E-state index contributed by atoms with van der Waals surface area (Å²) in [4.78, 5) is 21.0.